The number of para-hydroxylation sites is 1. The summed E-state index contributed by atoms with van der Waals surface area (Å²) in [6.07, 6.45) is 8.61. The molecule has 0 aromatic heterocycles. The molecule has 1 aliphatic heterocycles. The van der Waals surface area contributed by atoms with E-state index in [1.54, 1.807) is 0 Å². The van der Waals surface area contributed by atoms with Crippen molar-refractivity contribution in [3.05, 3.63) is 30.3 Å². The molecule has 6 nitrogen and oxygen atoms in total. The minimum absolute atomic E-state index is 0.0909. The average Bonchev–Trinajstić information content (AvgIpc) is 2.72. The second-order valence-electron chi connectivity index (χ2n) is 9.08. The first-order valence-electron chi connectivity index (χ1n) is 11.3. The van der Waals surface area contributed by atoms with Crippen molar-refractivity contribution in [3.63, 3.8) is 0 Å². The Morgan fingerprint density at radius 1 is 1.00 bits per heavy atom. The molecule has 2 bridgehead atoms. The smallest absolute Gasteiger partial charge is 0.319 e. The summed E-state index contributed by atoms with van der Waals surface area (Å²) in [5, 5.41) is 5.82. The first-order valence-corrected chi connectivity index (χ1v) is 11.3. The van der Waals surface area contributed by atoms with E-state index in [0.29, 0.717) is 24.3 Å². The van der Waals surface area contributed by atoms with E-state index in [1.165, 1.54) is 19.3 Å². The molecule has 3 aliphatic rings. The molecule has 1 saturated heterocycles. The van der Waals surface area contributed by atoms with Gasteiger partial charge in [-0.1, -0.05) is 24.6 Å². The van der Waals surface area contributed by atoms with Crippen LogP contribution in [0.15, 0.2) is 30.3 Å². The quantitative estimate of drug-likeness (QED) is 0.727. The van der Waals surface area contributed by atoms with Gasteiger partial charge in [-0.2, -0.15) is 0 Å². The molecular weight excluding hydrogens is 364 g/mol. The van der Waals surface area contributed by atoms with E-state index in [4.69, 9.17) is 5.73 Å². The van der Waals surface area contributed by atoms with E-state index in [1.807, 2.05) is 30.3 Å². The van der Waals surface area contributed by atoms with Gasteiger partial charge in [-0.15, -0.1) is 0 Å². The van der Waals surface area contributed by atoms with Crippen LogP contribution in [0.2, 0.25) is 0 Å². The summed E-state index contributed by atoms with van der Waals surface area (Å²) >= 11 is 0. The number of urea groups is 1. The van der Waals surface area contributed by atoms with Gasteiger partial charge in [0.25, 0.3) is 0 Å². The first kappa shape index (κ1) is 20.2. The molecule has 6 heteroatoms. The first-order chi connectivity index (χ1) is 14.1. The highest BCUT2D eigenvalue weighted by Gasteiger charge is 2.42. The van der Waals surface area contributed by atoms with E-state index in [9.17, 15) is 9.59 Å². The summed E-state index contributed by atoms with van der Waals surface area (Å²) in [7, 11) is 0. The van der Waals surface area contributed by atoms with Crippen LogP contribution in [0.25, 0.3) is 0 Å². The molecule has 3 amide bonds. The minimum atomic E-state index is -0.215. The van der Waals surface area contributed by atoms with Crippen molar-refractivity contribution in [1.82, 2.24) is 10.2 Å². The number of fused-ring (bicyclic) bond motifs is 2. The molecule has 1 heterocycles. The number of nitrogens with zero attached hydrogens (tertiary/aromatic N) is 1. The highest BCUT2D eigenvalue weighted by atomic mass is 16.2. The molecule has 1 aromatic carbocycles. The number of carbonyl (C=O) groups is 2. The van der Waals surface area contributed by atoms with Crippen molar-refractivity contribution in [3.8, 4) is 0 Å². The van der Waals surface area contributed by atoms with Gasteiger partial charge in [0.2, 0.25) is 5.91 Å². The predicted octanol–water partition coefficient (Wildman–Crippen LogP) is 3.34. The number of benzene rings is 1. The lowest BCUT2D eigenvalue weighted by Crippen LogP contribution is -2.54. The molecular formula is C23H34N4O2. The SMILES string of the molecule is NC1C2CCCC1CC(C(=O)N1CCCCC1CNC(=O)Nc1ccccc1)C2. The molecule has 1 aromatic rings. The number of carbonyl (C=O) groups excluding carboxylic acids is 2. The zero-order valence-corrected chi connectivity index (χ0v) is 17.2. The topological polar surface area (TPSA) is 87.5 Å². The van der Waals surface area contributed by atoms with Gasteiger partial charge in [0, 0.05) is 36.8 Å². The number of hydrogen-bond acceptors (Lipinski definition) is 3. The van der Waals surface area contributed by atoms with Gasteiger partial charge < -0.3 is 21.3 Å². The van der Waals surface area contributed by atoms with Crippen LogP contribution < -0.4 is 16.4 Å². The molecule has 158 valence electrons. The number of amides is 3. The van der Waals surface area contributed by atoms with Crippen LogP contribution in [0.4, 0.5) is 10.5 Å². The van der Waals surface area contributed by atoms with Gasteiger partial charge in [0.1, 0.15) is 0 Å². The number of likely N-dealkylation sites (tertiary alicyclic amines) is 1. The number of nitrogens with two attached hydrogens (primary N) is 1. The molecule has 4 rings (SSSR count). The summed E-state index contributed by atoms with van der Waals surface area (Å²) in [6.45, 7) is 1.31. The Balaban J connectivity index is 1.33. The third kappa shape index (κ3) is 4.74. The van der Waals surface area contributed by atoms with Crippen molar-refractivity contribution in [1.29, 1.82) is 0 Å². The summed E-state index contributed by atoms with van der Waals surface area (Å²) in [4.78, 5) is 27.7. The average molecular weight is 399 g/mol. The maximum atomic E-state index is 13.4. The van der Waals surface area contributed by atoms with Gasteiger partial charge in [-0.3, -0.25) is 4.79 Å². The Labute approximate surface area is 173 Å². The van der Waals surface area contributed by atoms with Crippen LogP contribution in [-0.2, 0) is 4.79 Å². The second kappa shape index (κ2) is 9.16. The molecule has 0 radical (unpaired) electrons. The fourth-order valence-electron chi connectivity index (χ4n) is 5.64. The number of hydrogen-bond donors (Lipinski definition) is 3. The van der Waals surface area contributed by atoms with Crippen LogP contribution in [0.3, 0.4) is 0 Å². The lowest BCUT2D eigenvalue weighted by atomic mass is 9.64. The summed E-state index contributed by atoms with van der Waals surface area (Å²) in [5.41, 5.74) is 7.19. The van der Waals surface area contributed by atoms with E-state index in [2.05, 4.69) is 15.5 Å². The Kier molecular flexibility index (Phi) is 6.38. The maximum absolute atomic E-state index is 13.4. The molecule has 4 N–H and O–H groups in total. The summed E-state index contributed by atoms with van der Waals surface area (Å²) in [5.74, 6) is 1.43. The third-order valence-electron chi connectivity index (χ3n) is 7.20. The van der Waals surface area contributed by atoms with Crippen LogP contribution in [0.5, 0.6) is 0 Å². The lowest BCUT2D eigenvalue weighted by Gasteiger charge is -2.46. The van der Waals surface area contributed by atoms with Gasteiger partial charge in [0.05, 0.1) is 0 Å². The number of nitrogens with one attached hydrogen (secondary N) is 2. The van der Waals surface area contributed by atoms with Crippen molar-refractivity contribution in [2.24, 2.45) is 23.5 Å². The Morgan fingerprint density at radius 3 is 2.45 bits per heavy atom. The molecule has 0 spiro atoms. The number of piperidine rings is 1. The zero-order chi connectivity index (χ0) is 20.2. The normalized spacial score (nSPS) is 31.8. The highest BCUT2D eigenvalue weighted by molar-refractivity contribution is 5.89. The van der Waals surface area contributed by atoms with E-state index < -0.39 is 0 Å². The van der Waals surface area contributed by atoms with Crippen molar-refractivity contribution in [2.75, 3.05) is 18.4 Å². The second-order valence-corrected chi connectivity index (χ2v) is 9.08. The fourth-order valence-corrected chi connectivity index (χ4v) is 5.64. The Bertz CT molecular complexity index is 696. The Morgan fingerprint density at radius 2 is 1.72 bits per heavy atom. The molecule has 29 heavy (non-hydrogen) atoms. The van der Waals surface area contributed by atoms with Crippen LogP contribution in [0.1, 0.15) is 51.4 Å². The van der Waals surface area contributed by atoms with Gasteiger partial charge in [-0.05, 0) is 68.9 Å². The summed E-state index contributed by atoms with van der Waals surface area (Å²) < 4.78 is 0. The van der Waals surface area contributed by atoms with Gasteiger partial charge in [0.15, 0.2) is 0 Å². The van der Waals surface area contributed by atoms with E-state index >= 15 is 0 Å². The molecule has 2 aliphatic carbocycles. The van der Waals surface area contributed by atoms with Crippen molar-refractivity contribution in [2.45, 2.75) is 63.5 Å². The van der Waals surface area contributed by atoms with Gasteiger partial charge >= 0.3 is 6.03 Å². The van der Waals surface area contributed by atoms with Gasteiger partial charge in [-0.25, -0.2) is 4.79 Å². The predicted molar refractivity (Wildman–Crippen MR) is 114 cm³/mol. The molecule has 3 fully saturated rings. The van der Waals surface area contributed by atoms with Crippen LogP contribution >= 0.6 is 0 Å². The third-order valence-corrected chi connectivity index (χ3v) is 7.20. The molecule has 2 saturated carbocycles. The number of rotatable bonds is 4. The standard InChI is InChI=1S/C23H34N4O2/c24-21-16-7-6-8-17(21)14-18(13-16)22(28)27-12-5-4-11-20(27)15-25-23(29)26-19-9-2-1-3-10-19/h1-3,9-10,16-18,20-21H,4-8,11-15,24H2,(H2,25,26,29). The largest absolute Gasteiger partial charge is 0.338 e. The van der Waals surface area contributed by atoms with E-state index in [-0.39, 0.29) is 24.0 Å². The fraction of sp³-hybridized carbons (Fsp3) is 0.652. The van der Waals surface area contributed by atoms with Crippen molar-refractivity contribution >= 4 is 17.6 Å². The molecule has 3 atom stereocenters. The van der Waals surface area contributed by atoms with Crippen LogP contribution in [-0.4, -0.2) is 42.0 Å². The minimum Gasteiger partial charge on any atom is -0.338 e. The number of anilines is 1. The Hall–Kier alpha value is -2.08. The lowest BCUT2D eigenvalue weighted by molar-refractivity contribution is -0.142. The van der Waals surface area contributed by atoms with Crippen LogP contribution in [0, 0.1) is 17.8 Å². The molecule has 3 unspecified atom stereocenters. The summed E-state index contributed by atoms with van der Waals surface area (Å²) in [6, 6.07) is 9.59. The highest BCUT2D eigenvalue weighted by Crippen LogP contribution is 2.42. The zero-order valence-electron chi connectivity index (χ0n) is 17.2. The maximum Gasteiger partial charge on any atom is 0.319 e. The monoisotopic (exact) mass is 398 g/mol. The van der Waals surface area contributed by atoms with Crippen molar-refractivity contribution < 1.29 is 9.59 Å². The van der Waals surface area contributed by atoms with E-state index in [0.717, 1.165) is 44.3 Å².